The second kappa shape index (κ2) is 6.49. The zero-order chi connectivity index (χ0) is 13.7. The summed E-state index contributed by atoms with van der Waals surface area (Å²) in [6, 6.07) is 2.20. The molecule has 0 saturated carbocycles. The summed E-state index contributed by atoms with van der Waals surface area (Å²) in [5.41, 5.74) is 0.381. The predicted molar refractivity (Wildman–Crippen MR) is 70.3 cm³/mol. The van der Waals surface area contributed by atoms with Crippen molar-refractivity contribution in [2.45, 2.75) is 26.3 Å². The standard InChI is InChI=1S/C12H15BrN2O3/c1-3-7(2)10(12(17)18)15-11(16)8-4-5-14-9(13)6-8/h4-7,10H,3H2,1-2H3,(H,15,16)(H,17,18)/t7-,10-/m0/s1. The third-order valence-corrected chi connectivity index (χ3v) is 3.19. The van der Waals surface area contributed by atoms with Gasteiger partial charge in [0.1, 0.15) is 10.6 Å². The van der Waals surface area contributed by atoms with Crippen LogP contribution in [0, 0.1) is 5.92 Å². The molecule has 2 N–H and O–H groups in total. The maximum absolute atomic E-state index is 11.9. The van der Waals surface area contributed by atoms with E-state index < -0.39 is 17.9 Å². The first-order valence-electron chi connectivity index (χ1n) is 5.61. The SMILES string of the molecule is CC[C@H](C)[C@H](NC(=O)c1ccnc(Br)c1)C(=O)O. The Morgan fingerprint density at radius 3 is 2.72 bits per heavy atom. The van der Waals surface area contributed by atoms with Crippen molar-refractivity contribution in [3.05, 3.63) is 28.5 Å². The fourth-order valence-corrected chi connectivity index (χ4v) is 1.82. The van der Waals surface area contributed by atoms with Crippen LogP contribution in [0.2, 0.25) is 0 Å². The van der Waals surface area contributed by atoms with Gasteiger partial charge in [0.15, 0.2) is 0 Å². The van der Waals surface area contributed by atoms with Crippen molar-refractivity contribution in [2.24, 2.45) is 5.92 Å². The molecule has 98 valence electrons. The van der Waals surface area contributed by atoms with Crippen LogP contribution in [0.25, 0.3) is 0 Å². The summed E-state index contributed by atoms with van der Waals surface area (Å²) >= 11 is 3.16. The Kier molecular flexibility index (Phi) is 5.27. The van der Waals surface area contributed by atoms with Gasteiger partial charge in [0.25, 0.3) is 5.91 Å². The molecule has 0 aliphatic carbocycles. The molecule has 18 heavy (non-hydrogen) atoms. The van der Waals surface area contributed by atoms with Crippen LogP contribution >= 0.6 is 15.9 Å². The van der Waals surface area contributed by atoms with Crippen LogP contribution in [-0.4, -0.2) is 28.0 Å². The highest BCUT2D eigenvalue weighted by Gasteiger charge is 2.25. The van der Waals surface area contributed by atoms with Gasteiger partial charge in [0, 0.05) is 11.8 Å². The molecule has 6 heteroatoms. The number of pyridine rings is 1. The van der Waals surface area contributed by atoms with Crippen LogP contribution in [-0.2, 0) is 4.79 Å². The lowest BCUT2D eigenvalue weighted by Crippen LogP contribution is -2.45. The van der Waals surface area contributed by atoms with Crippen molar-refractivity contribution >= 4 is 27.8 Å². The molecule has 0 aliphatic heterocycles. The number of carboxylic acids is 1. The maximum Gasteiger partial charge on any atom is 0.326 e. The number of aromatic nitrogens is 1. The number of nitrogens with zero attached hydrogens (tertiary/aromatic N) is 1. The number of halogens is 1. The zero-order valence-corrected chi connectivity index (χ0v) is 11.8. The van der Waals surface area contributed by atoms with E-state index in [1.54, 1.807) is 13.0 Å². The second-order valence-electron chi connectivity index (χ2n) is 4.04. The molecule has 0 bridgehead atoms. The molecule has 0 radical (unpaired) electrons. The summed E-state index contributed by atoms with van der Waals surface area (Å²) in [6.45, 7) is 3.68. The molecule has 1 aromatic rings. The van der Waals surface area contributed by atoms with Crippen LogP contribution in [0.3, 0.4) is 0 Å². The molecular formula is C12H15BrN2O3. The molecule has 0 aromatic carbocycles. The van der Waals surface area contributed by atoms with Gasteiger partial charge in [-0.2, -0.15) is 0 Å². The number of hydrogen-bond acceptors (Lipinski definition) is 3. The molecular weight excluding hydrogens is 300 g/mol. The molecule has 0 aliphatic rings. The molecule has 1 amide bonds. The quantitative estimate of drug-likeness (QED) is 0.815. The van der Waals surface area contributed by atoms with Crippen LogP contribution < -0.4 is 5.32 Å². The van der Waals surface area contributed by atoms with Crippen molar-refractivity contribution < 1.29 is 14.7 Å². The van der Waals surface area contributed by atoms with Crippen molar-refractivity contribution in [1.82, 2.24) is 10.3 Å². The van der Waals surface area contributed by atoms with Gasteiger partial charge in [-0.15, -0.1) is 0 Å². The van der Waals surface area contributed by atoms with E-state index in [1.165, 1.54) is 12.3 Å². The lowest BCUT2D eigenvalue weighted by Gasteiger charge is -2.20. The normalized spacial score (nSPS) is 13.7. The minimum atomic E-state index is -1.02. The van der Waals surface area contributed by atoms with Crippen molar-refractivity contribution in [1.29, 1.82) is 0 Å². The first-order chi connectivity index (χ1) is 8.45. The number of carbonyl (C=O) groups is 2. The van der Waals surface area contributed by atoms with E-state index in [9.17, 15) is 9.59 Å². The van der Waals surface area contributed by atoms with Crippen LogP contribution in [0.4, 0.5) is 0 Å². The highest BCUT2D eigenvalue weighted by molar-refractivity contribution is 9.10. The third kappa shape index (κ3) is 3.80. The van der Waals surface area contributed by atoms with Crippen molar-refractivity contribution in [3.8, 4) is 0 Å². The lowest BCUT2D eigenvalue weighted by molar-refractivity contribution is -0.140. The summed E-state index contributed by atoms with van der Waals surface area (Å²) < 4.78 is 0.533. The van der Waals surface area contributed by atoms with Crippen LogP contribution in [0.15, 0.2) is 22.9 Å². The van der Waals surface area contributed by atoms with Gasteiger partial charge in [-0.25, -0.2) is 9.78 Å². The summed E-state index contributed by atoms with van der Waals surface area (Å²) in [5.74, 6) is -1.56. The molecule has 0 saturated heterocycles. The fourth-order valence-electron chi connectivity index (χ4n) is 1.45. The van der Waals surface area contributed by atoms with Gasteiger partial charge in [0.05, 0.1) is 0 Å². The minimum Gasteiger partial charge on any atom is -0.480 e. The first-order valence-corrected chi connectivity index (χ1v) is 6.40. The first kappa shape index (κ1) is 14.6. The van der Waals surface area contributed by atoms with E-state index in [-0.39, 0.29) is 5.92 Å². The largest absolute Gasteiger partial charge is 0.480 e. The molecule has 0 fully saturated rings. The summed E-state index contributed by atoms with van der Waals surface area (Å²) in [6.07, 6.45) is 2.16. The third-order valence-electron chi connectivity index (χ3n) is 2.75. The van der Waals surface area contributed by atoms with E-state index >= 15 is 0 Å². The topological polar surface area (TPSA) is 79.3 Å². The number of amides is 1. The lowest BCUT2D eigenvalue weighted by atomic mass is 9.99. The van der Waals surface area contributed by atoms with E-state index in [0.717, 1.165) is 0 Å². The highest BCUT2D eigenvalue weighted by Crippen LogP contribution is 2.11. The Labute approximate surface area is 114 Å². The minimum absolute atomic E-state index is 0.128. The molecule has 5 nitrogen and oxygen atoms in total. The Balaban J connectivity index is 2.82. The van der Waals surface area contributed by atoms with Gasteiger partial charge in [0.2, 0.25) is 0 Å². The molecule has 1 aromatic heterocycles. The fraction of sp³-hybridized carbons (Fsp3) is 0.417. The number of carboxylic acid groups (broad SMARTS) is 1. The highest BCUT2D eigenvalue weighted by atomic mass is 79.9. The van der Waals surface area contributed by atoms with E-state index in [1.807, 2.05) is 6.92 Å². The van der Waals surface area contributed by atoms with Gasteiger partial charge in [-0.1, -0.05) is 20.3 Å². The average molecular weight is 315 g/mol. The maximum atomic E-state index is 11.9. The van der Waals surface area contributed by atoms with E-state index in [0.29, 0.717) is 16.6 Å². The number of nitrogens with one attached hydrogen (secondary N) is 1. The Morgan fingerprint density at radius 1 is 1.56 bits per heavy atom. The summed E-state index contributed by atoms with van der Waals surface area (Å²) in [5, 5.41) is 11.6. The smallest absolute Gasteiger partial charge is 0.326 e. The van der Waals surface area contributed by atoms with Gasteiger partial charge < -0.3 is 10.4 Å². The Morgan fingerprint density at radius 2 is 2.22 bits per heavy atom. The van der Waals surface area contributed by atoms with Gasteiger partial charge >= 0.3 is 5.97 Å². The summed E-state index contributed by atoms with van der Waals surface area (Å²) in [4.78, 5) is 26.9. The molecule has 0 spiro atoms. The number of rotatable bonds is 5. The number of hydrogen-bond donors (Lipinski definition) is 2. The van der Waals surface area contributed by atoms with Crippen LogP contribution in [0.5, 0.6) is 0 Å². The predicted octanol–water partition coefficient (Wildman–Crippen LogP) is 2.07. The van der Waals surface area contributed by atoms with Gasteiger partial charge in [-0.3, -0.25) is 4.79 Å². The second-order valence-corrected chi connectivity index (χ2v) is 4.85. The zero-order valence-electron chi connectivity index (χ0n) is 10.2. The van der Waals surface area contributed by atoms with Crippen LogP contribution in [0.1, 0.15) is 30.6 Å². The molecule has 1 heterocycles. The van der Waals surface area contributed by atoms with Crippen molar-refractivity contribution in [3.63, 3.8) is 0 Å². The average Bonchev–Trinajstić information content (AvgIpc) is 2.34. The monoisotopic (exact) mass is 314 g/mol. The van der Waals surface area contributed by atoms with Crippen molar-refractivity contribution in [2.75, 3.05) is 0 Å². The van der Waals surface area contributed by atoms with Gasteiger partial charge in [-0.05, 0) is 34.0 Å². The van der Waals surface area contributed by atoms with E-state index in [2.05, 4.69) is 26.2 Å². The van der Waals surface area contributed by atoms with E-state index in [4.69, 9.17) is 5.11 Å². The Bertz CT molecular complexity index is 451. The number of carbonyl (C=O) groups excluding carboxylic acids is 1. The molecule has 0 unspecified atom stereocenters. The molecule has 1 rings (SSSR count). The number of aliphatic carboxylic acids is 1. The summed E-state index contributed by atoms with van der Waals surface area (Å²) in [7, 11) is 0. The molecule has 2 atom stereocenters. The Hall–Kier alpha value is -1.43.